The SMILES string of the molecule is CN(C)NS(=O)(=O)c1ccc2c(c1)S(=O)(=O)NC(C1CCCCC1)N2. The Balaban J connectivity index is 1.93. The number of benzene rings is 1. The number of hydrogen-bond acceptors (Lipinski definition) is 6. The molecule has 0 amide bonds. The quantitative estimate of drug-likeness (QED) is 0.666. The van der Waals surface area contributed by atoms with Gasteiger partial charge in [0.1, 0.15) is 4.90 Å². The maximum atomic E-state index is 12.7. The second kappa shape index (κ2) is 6.84. The van der Waals surface area contributed by atoms with Crippen LogP contribution in [0.4, 0.5) is 5.69 Å². The largest absolute Gasteiger partial charge is 0.368 e. The molecular weight excluding hydrogens is 364 g/mol. The van der Waals surface area contributed by atoms with Crippen molar-refractivity contribution in [2.45, 2.75) is 48.1 Å². The topological polar surface area (TPSA) is 108 Å². The molecule has 140 valence electrons. The summed E-state index contributed by atoms with van der Waals surface area (Å²) < 4.78 is 52.5. The lowest BCUT2D eigenvalue weighted by molar-refractivity contribution is 0.306. The van der Waals surface area contributed by atoms with Gasteiger partial charge in [0.2, 0.25) is 10.0 Å². The zero-order chi connectivity index (χ0) is 18.2. The summed E-state index contributed by atoms with van der Waals surface area (Å²) in [6, 6.07) is 4.12. The van der Waals surface area contributed by atoms with Crippen LogP contribution < -0.4 is 14.9 Å². The Hall–Kier alpha value is -1.20. The Morgan fingerprint density at radius 3 is 2.48 bits per heavy atom. The number of rotatable bonds is 4. The molecule has 1 heterocycles. The fourth-order valence-corrected chi connectivity index (χ4v) is 6.01. The molecule has 1 aliphatic carbocycles. The summed E-state index contributed by atoms with van der Waals surface area (Å²) >= 11 is 0. The van der Waals surface area contributed by atoms with Crippen LogP contribution in [0, 0.1) is 5.92 Å². The van der Waals surface area contributed by atoms with E-state index in [0.29, 0.717) is 5.69 Å². The van der Waals surface area contributed by atoms with Gasteiger partial charge in [-0.05, 0) is 37.0 Å². The first-order valence-electron chi connectivity index (χ1n) is 8.32. The van der Waals surface area contributed by atoms with Crippen LogP contribution in [0.1, 0.15) is 32.1 Å². The lowest BCUT2D eigenvalue weighted by atomic mass is 9.87. The van der Waals surface area contributed by atoms with Crippen molar-refractivity contribution in [2.24, 2.45) is 5.92 Å². The minimum Gasteiger partial charge on any atom is -0.368 e. The summed E-state index contributed by atoms with van der Waals surface area (Å²) in [6.07, 6.45) is 5.01. The number of nitrogens with one attached hydrogen (secondary N) is 3. The molecule has 10 heteroatoms. The van der Waals surface area contributed by atoms with Crippen LogP contribution >= 0.6 is 0 Å². The number of hydrogen-bond donors (Lipinski definition) is 3. The lowest BCUT2D eigenvalue weighted by Gasteiger charge is -2.35. The Morgan fingerprint density at radius 1 is 1.16 bits per heavy atom. The van der Waals surface area contributed by atoms with Gasteiger partial charge in [0.25, 0.3) is 10.0 Å². The Morgan fingerprint density at radius 2 is 1.84 bits per heavy atom. The van der Waals surface area contributed by atoms with Crippen LogP contribution in [0.2, 0.25) is 0 Å². The van der Waals surface area contributed by atoms with Crippen LogP contribution in [0.25, 0.3) is 0 Å². The molecule has 1 aliphatic heterocycles. The molecule has 1 atom stereocenters. The first-order chi connectivity index (χ1) is 11.7. The summed E-state index contributed by atoms with van der Waals surface area (Å²) in [7, 11) is -4.50. The Labute approximate surface area is 149 Å². The highest BCUT2D eigenvalue weighted by Gasteiger charge is 2.35. The van der Waals surface area contributed by atoms with E-state index in [1.165, 1.54) is 29.6 Å². The van der Waals surface area contributed by atoms with E-state index in [-0.39, 0.29) is 21.9 Å². The van der Waals surface area contributed by atoms with Crippen molar-refractivity contribution in [3.8, 4) is 0 Å². The third-order valence-corrected chi connectivity index (χ3v) is 7.53. The first-order valence-corrected chi connectivity index (χ1v) is 11.3. The molecule has 2 aliphatic rings. The molecular formula is C15H24N4O4S2. The van der Waals surface area contributed by atoms with E-state index >= 15 is 0 Å². The number of hydrazine groups is 1. The molecule has 1 aromatic rings. The highest BCUT2D eigenvalue weighted by molar-refractivity contribution is 7.90. The van der Waals surface area contributed by atoms with Crippen LogP contribution in [0.5, 0.6) is 0 Å². The third-order valence-electron chi connectivity index (χ3n) is 4.57. The average Bonchev–Trinajstić information content (AvgIpc) is 2.53. The standard InChI is InChI=1S/C15H24N4O4S2/c1-19(2)18-24(20,21)12-8-9-13-14(10-12)25(22,23)17-15(16-13)11-6-4-3-5-7-11/h8-11,15-18H,3-7H2,1-2H3. The van der Waals surface area contributed by atoms with Crippen molar-refractivity contribution < 1.29 is 16.8 Å². The van der Waals surface area contributed by atoms with Gasteiger partial charge in [0, 0.05) is 14.1 Å². The Kier molecular flexibility index (Phi) is 5.09. The number of fused-ring (bicyclic) bond motifs is 1. The van der Waals surface area contributed by atoms with Gasteiger partial charge in [-0.3, -0.25) is 0 Å². The molecule has 3 N–H and O–H groups in total. The fourth-order valence-electron chi connectivity index (χ4n) is 3.41. The zero-order valence-electron chi connectivity index (χ0n) is 14.3. The Bertz CT molecular complexity index is 846. The number of nitrogens with zero attached hydrogens (tertiary/aromatic N) is 1. The van der Waals surface area contributed by atoms with Crippen LogP contribution in [-0.2, 0) is 20.0 Å². The molecule has 1 fully saturated rings. The molecule has 0 spiro atoms. The summed E-state index contributed by atoms with van der Waals surface area (Å²) in [4.78, 5) is 2.17. The second-order valence-corrected chi connectivity index (χ2v) is 10.1. The molecule has 1 unspecified atom stereocenters. The minimum atomic E-state index is -3.82. The van der Waals surface area contributed by atoms with E-state index in [2.05, 4.69) is 14.9 Å². The van der Waals surface area contributed by atoms with Gasteiger partial charge in [-0.25, -0.2) is 21.8 Å². The van der Waals surface area contributed by atoms with Gasteiger partial charge < -0.3 is 5.32 Å². The van der Waals surface area contributed by atoms with Crippen molar-refractivity contribution in [1.82, 2.24) is 14.6 Å². The maximum absolute atomic E-state index is 12.7. The average molecular weight is 389 g/mol. The van der Waals surface area contributed by atoms with E-state index < -0.39 is 20.0 Å². The van der Waals surface area contributed by atoms with Crippen molar-refractivity contribution in [3.63, 3.8) is 0 Å². The normalized spacial score (nSPS) is 23.9. The highest BCUT2D eigenvalue weighted by Crippen LogP contribution is 2.34. The number of anilines is 1. The number of sulfonamides is 2. The minimum absolute atomic E-state index is 0.0406. The van der Waals surface area contributed by atoms with Gasteiger partial charge in [-0.2, -0.15) is 4.72 Å². The van der Waals surface area contributed by atoms with Gasteiger partial charge in [-0.1, -0.05) is 19.3 Å². The van der Waals surface area contributed by atoms with Gasteiger partial charge in [0.15, 0.2) is 0 Å². The van der Waals surface area contributed by atoms with Crippen molar-refractivity contribution >= 4 is 25.7 Å². The monoisotopic (exact) mass is 388 g/mol. The molecule has 8 nitrogen and oxygen atoms in total. The summed E-state index contributed by atoms with van der Waals surface area (Å²) in [6.45, 7) is 0. The molecule has 1 saturated carbocycles. The molecule has 0 aromatic heterocycles. The maximum Gasteiger partial charge on any atom is 0.253 e. The lowest BCUT2D eigenvalue weighted by Crippen LogP contribution is -2.49. The van der Waals surface area contributed by atoms with Gasteiger partial charge >= 0.3 is 0 Å². The summed E-state index contributed by atoms with van der Waals surface area (Å²) in [5.41, 5.74) is 0.443. The smallest absolute Gasteiger partial charge is 0.253 e. The van der Waals surface area contributed by atoms with E-state index in [0.717, 1.165) is 25.7 Å². The molecule has 0 saturated heterocycles. The fraction of sp³-hybridized carbons (Fsp3) is 0.600. The highest BCUT2D eigenvalue weighted by atomic mass is 32.2. The van der Waals surface area contributed by atoms with Crippen molar-refractivity contribution in [3.05, 3.63) is 18.2 Å². The summed E-state index contributed by atoms with van der Waals surface area (Å²) in [5.74, 6) is 0.246. The third kappa shape index (κ3) is 3.98. The molecule has 0 radical (unpaired) electrons. The molecule has 0 bridgehead atoms. The van der Waals surface area contributed by atoms with E-state index in [1.807, 2.05) is 0 Å². The summed E-state index contributed by atoms with van der Waals surface area (Å²) in [5, 5.41) is 4.52. The van der Waals surface area contributed by atoms with E-state index in [4.69, 9.17) is 0 Å². The van der Waals surface area contributed by atoms with Crippen LogP contribution in [-0.4, -0.2) is 42.1 Å². The van der Waals surface area contributed by atoms with E-state index in [9.17, 15) is 16.8 Å². The van der Waals surface area contributed by atoms with Crippen molar-refractivity contribution in [1.29, 1.82) is 0 Å². The molecule has 3 rings (SSSR count). The molecule has 25 heavy (non-hydrogen) atoms. The van der Waals surface area contributed by atoms with Crippen LogP contribution in [0.15, 0.2) is 28.0 Å². The van der Waals surface area contributed by atoms with E-state index in [1.54, 1.807) is 14.1 Å². The van der Waals surface area contributed by atoms with Crippen molar-refractivity contribution in [2.75, 3.05) is 19.4 Å². The predicted molar refractivity (Wildman–Crippen MR) is 94.8 cm³/mol. The van der Waals surface area contributed by atoms with Gasteiger partial charge in [0.05, 0.1) is 16.7 Å². The van der Waals surface area contributed by atoms with Crippen LogP contribution in [0.3, 0.4) is 0 Å². The first kappa shape index (κ1) is 18.6. The second-order valence-electron chi connectivity index (χ2n) is 6.79. The zero-order valence-corrected chi connectivity index (χ0v) is 16.0. The molecule has 1 aromatic carbocycles. The van der Waals surface area contributed by atoms with Gasteiger partial charge in [-0.15, -0.1) is 4.83 Å². The predicted octanol–water partition coefficient (Wildman–Crippen LogP) is 1.05.